The van der Waals surface area contributed by atoms with Crippen LogP contribution in [0.2, 0.25) is 0 Å². The van der Waals surface area contributed by atoms with Crippen molar-refractivity contribution in [3.8, 4) is 0 Å². The Labute approximate surface area is 130 Å². The van der Waals surface area contributed by atoms with Crippen LogP contribution in [0.3, 0.4) is 0 Å². The van der Waals surface area contributed by atoms with E-state index in [2.05, 4.69) is 10.2 Å². The topological polar surface area (TPSA) is 67.6 Å². The van der Waals surface area contributed by atoms with Crippen LogP contribution in [0.15, 0.2) is 24.3 Å². The van der Waals surface area contributed by atoms with Crippen molar-refractivity contribution in [2.45, 2.75) is 18.9 Å². The average molecular weight is 305 g/mol. The van der Waals surface area contributed by atoms with E-state index in [0.29, 0.717) is 5.92 Å². The number of nitrogens with one attached hydrogen (secondary N) is 1. The van der Waals surface area contributed by atoms with Gasteiger partial charge in [0.2, 0.25) is 0 Å². The van der Waals surface area contributed by atoms with Gasteiger partial charge in [0, 0.05) is 57.1 Å². The predicted molar refractivity (Wildman–Crippen MR) is 83.8 cm³/mol. The van der Waals surface area contributed by atoms with Gasteiger partial charge in [-0.05, 0) is 18.8 Å². The second-order valence-corrected chi connectivity index (χ2v) is 6.00. The van der Waals surface area contributed by atoms with Crippen LogP contribution >= 0.6 is 0 Å². The molecular weight excluding hydrogens is 282 g/mol. The molecule has 1 aromatic rings. The first-order valence-corrected chi connectivity index (χ1v) is 8.03. The number of nitro benzene ring substituents is 1. The third-order valence-corrected chi connectivity index (χ3v) is 4.71. The van der Waals surface area contributed by atoms with Crippen molar-refractivity contribution in [2.75, 3.05) is 39.4 Å². The quantitative estimate of drug-likeness (QED) is 0.680. The molecule has 3 rings (SSSR count). The minimum atomic E-state index is -0.246. The minimum absolute atomic E-state index is 0.118. The Morgan fingerprint density at radius 3 is 2.59 bits per heavy atom. The second kappa shape index (κ2) is 7.17. The third-order valence-electron chi connectivity index (χ3n) is 4.71. The fourth-order valence-corrected chi connectivity index (χ4v) is 3.64. The van der Waals surface area contributed by atoms with Crippen molar-refractivity contribution < 1.29 is 9.66 Å². The van der Waals surface area contributed by atoms with E-state index in [1.54, 1.807) is 12.1 Å². The maximum atomic E-state index is 11.4. The van der Waals surface area contributed by atoms with Gasteiger partial charge in [0.25, 0.3) is 5.69 Å². The molecule has 6 heteroatoms. The van der Waals surface area contributed by atoms with Crippen molar-refractivity contribution in [2.24, 2.45) is 5.92 Å². The fraction of sp³-hybridized carbons (Fsp3) is 0.625. The van der Waals surface area contributed by atoms with Gasteiger partial charge in [-0.25, -0.2) is 0 Å². The first kappa shape index (κ1) is 15.4. The molecule has 1 N–H and O–H groups in total. The smallest absolute Gasteiger partial charge is 0.274 e. The highest BCUT2D eigenvalue weighted by atomic mass is 16.6. The molecule has 0 bridgehead atoms. The summed E-state index contributed by atoms with van der Waals surface area (Å²) < 4.78 is 5.49. The number of hydrogen-bond acceptors (Lipinski definition) is 5. The predicted octanol–water partition coefficient (Wildman–Crippen LogP) is 1.97. The number of piperazine rings is 1. The second-order valence-electron chi connectivity index (χ2n) is 6.00. The van der Waals surface area contributed by atoms with Crippen LogP contribution in [0, 0.1) is 16.0 Å². The monoisotopic (exact) mass is 305 g/mol. The number of nitro groups is 1. The number of ether oxygens (including phenoxy) is 1. The highest BCUT2D eigenvalue weighted by Gasteiger charge is 2.34. The number of rotatable bonds is 4. The van der Waals surface area contributed by atoms with Crippen molar-refractivity contribution >= 4 is 5.69 Å². The zero-order chi connectivity index (χ0) is 15.4. The van der Waals surface area contributed by atoms with Crippen LogP contribution in [-0.4, -0.2) is 49.2 Å². The number of para-hydroxylation sites is 1. The molecule has 0 saturated carbocycles. The van der Waals surface area contributed by atoms with Crippen molar-refractivity contribution in [3.63, 3.8) is 0 Å². The Balaban J connectivity index is 1.95. The van der Waals surface area contributed by atoms with Gasteiger partial charge in [0.15, 0.2) is 0 Å². The lowest BCUT2D eigenvalue weighted by Crippen LogP contribution is -2.47. The SMILES string of the molecule is O=[N+]([O-])c1ccccc1[C@@H](C1CCOCC1)N1CCNCC1. The van der Waals surface area contributed by atoms with E-state index in [9.17, 15) is 10.1 Å². The van der Waals surface area contributed by atoms with Crippen LogP contribution < -0.4 is 5.32 Å². The van der Waals surface area contributed by atoms with Gasteiger partial charge >= 0.3 is 0 Å². The normalized spacial score (nSPS) is 22.4. The lowest BCUT2D eigenvalue weighted by molar-refractivity contribution is -0.386. The molecule has 2 aliphatic heterocycles. The average Bonchev–Trinajstić information content (AvgIpc) is 2.57. The molecule has 2 fully saturated rings. The number of hydrogen-bond donors (Lipinski definition) is 1. The van der Waals surface area contributed by atoms with Crippen molar-refractivity contribution in [1.29, 1.82) is 0 Å². The standard InChI is InChI=1S/C16H23N3O3/c20-19(21)15-4-2-1-3-14(15)16(13-5-11-22-12-6-13)18-9-7-17-8-10-18/h1-4,13,16-17H,5-12H2/t16-/m1/s1. The molecule has 22 heavy (non-hydrogen) atoms. The van der Waals surface area contributed by atoms with Crippen LogP contribution in [0.4, 0.5) is 5.69 Å². The molecule has 0 unspecified atom stereocenters. The highest BCUT2D eigenvalue weighted by molar-refractivity contribution is 5.42. The zero-order valence-corrected chi connectivity index (χ0v) is 12.7. The summed E-state index contributed by atoms with van der Waals surface area (Å²) in [4.78, 5) is 13.6. The van der Waals surface area contributed by atoms with Crippen LogP contribution in [-0.2, 0) is 4.74 Å². The van der Waals surface area contributed by atoms with Crippen molar-refractivity contribution in [3.05, 3.63) is 39.9 Å². The zero-order valence-electron chi connectivity index (χ0n) is 12.7. The van der Waals surface area contributed by atoms with E-state index in [4.69, 9.17) is 4.74 Å². The van der Waals surface area contributed by atoms with Gasteiger partial charge < -0.3 is 10.1 Å². The summed E-state index contributed by atoms with van der Waals surface area (Å²) in [6, 6.07) is 7.34. The summed E-state index contributed by atoms with van der Waals surface area (Å²) in [5.41, 5.74) is 1.11. The molecule has 0 spiro atoms. The number of nitrogens with zero attached hydrogens (tertiary/aromatic N) is 2. The molecule has 0 radical (unpaired) electrons. The van der Waals surface area contributed by atoms with Gasteiger partial charge in [-0.15, -0.1) is 0 Å². The van der Waals surface area contributed by atoms with E-state index >= 15 is 0 Å². The van der Waals surface area contributed by atoms with E-state index < -0.39 is 0 Å². The Morgan fingerprint density at radius 2 is 1.91 bits per heavy atom. The molecule has 2 saturated heterocycles. The largest absolute Gasteiger partial charge is 0.381 e. The molecule has 0 amide bonds. The van der Waals surface area contributed by atoms with E-state index in [0.717, 1.165) is 57.8 Å². The molecule has 0 aromatic heterocycles. The fourth-order valence-electron chi connectivity index (χ4n) is 3.64. The lowest BCUT2D eigenvalue weighted by atomic mass is 9.85. The summed E-state index contributed by atoms with van der Waals surface area (Å²) in [5, 5.41) is 14.8. The van der Waals surface area contributed by atoms with Crippen LogP contribution in [0.5, 0.6) is 0 Å². The van der Waals surface area contributed by atoms with E-state index in [1.165, 1.54) is 0 Å². The molecule has 1 atom stereocenters. The summed E-state index contributed by atoms with van der Waals surface area (Å²) >= 11 is 0. The summed E-state index contributed by atoms with van der Waals surface area (Å²) in [7, 11) is 0. The summed E-state index contributed by atoms with van der Waals surface area (Å²) in [5.74, 6) is 0.424. The molecule has 6 nitrogen and oxygen atoms in total. The molecule has 0 aliphatic carbocycles. The van der Waals surface area contributed by atoms with Gasteiger partial charge in [0.1, 0.15) is 0 Å². The van der Waals surface area contributed by atoms with Crippen molar-refractivity contribution in [1.82, 2.24) is 10.2 Å². The highest BCUT2D eigenvalue weighted by Crippen LogP contribution is 2.39. The number of benzene rings is 1. The first-order chi connectivity index (χ1) is 10.8. The Hall–Kier alpha value is -1.50. The van der Waals surface area contributed by atoms with Gasteiger partial charge in [-0.3, -0.25) is 15.0 Å². The summed E-state index contributed by atoms with van der Waals surface area (Å²) in [6.45, 7) is 5.28. The van der Waals surface area contributed by atoms with Crippen LogP contribution in [0.1, 0.15) is 24.4 Å². The third kappa shape index (κ3) is 3.29. The van der Waals surface area contributed by atoms with Gasteiger partial charge in [-0.2, -0.15) is 0 Å². The molecular formula is C16H23N3O3. The van der Waals surface area contributed by atoms with Crippen LogP contribution in [0.25, 0.3) is 0 Å². The Morgan fingerprint density at radius 1 is 1.23 bits per heavy atom. The van der Waals surface area contributed by atoms with Gasteiger partial charge in [0.05, 0.1) is 4.92 Å². The maximum Gasteiger partial charge on any atom is 0.274 e. The summed E-state index contributed by atoms with van der Waals surface area (Å²) in [6.07, 6.45) is 1.95. The molecule has 1 aromatic carbocycles. The molecule has 2 aliphatic rings. The van der Waals surface area contributed by atoms with E-state index in [1.807, 2.05) is 12.1 Å². The maximum absolute atomic E-state index is 11.4. The minimum Gasteiger partial charge on any atom is -0.381 e. The Kier molecular flexibility index (Phi) is 5.02. The molecule has 120 valence electrons. The van der Waals surface area contributed by atoms with Gasteiger partial charge in [-0.1, -0.05) is 18.2 Å². The Bertz CT molecular complexity index is 493. The first-order valence-electron chi connectivity index (χ1n) is 8.03. The van der Waals surface area contributed by atoms with E-state index in [-0.39, 0.29) is 16.7 Å². The lowest BCUT2D eigenvalue weighted by Gasteiger charge is -2.40. The molecule has 2 heterocycles.